The Kier molecular flexibility index (Phi) is 6.49. The van der Waals surface area contributed by atoms with Gasteiger partial charge in [-0.05, 0) is 45.4 Å². The Hall–Kier alpha value is -2.76. The first-order valence-corrected chi connectivity index (χ1v) is 7.91. The van der Waals surface area contributed by atoms with E-state index >= 15 is 0 Å². The van der Waals surface area contributed by atoms with Gasteiger partial charge >= 0.3 is 18.2 Å². The number of benzene rings is 1. The lowest BCUT2D eigenvalue weighted by Gasteiger charge is -2.34. The Labute approximate surface area is 155 Å². The highest BCUT2D eigenvalue weighted by molar-refractivity contribution is 5.85. The minimum absolute atomic E-state index is 0.198. The van der Waals surface area contributed by atoms with Gasteiger partial charge in [-0.3, -0.25) is 10.1 Å². The van der Waals surface area contributed by atoms with E-state index in [1.165, 1.54) is 18.2 Å². The zero-order chi connectivity index (χ0) is 21.0. The minimum Gasteiger partial charge on any atom is -0.468 e. The number of nitrogens with zero attached hydrogens (tertiary/aromatic N) is 1. The molecule has 2 atom stereocenters. The van der Waals surface area contributed by atoms with Crippen molar-refractivity contribution in [3.8, 4) is 6.07 Å². The fraction of sp³-hybridized carbons (Fsp3) is 0.500. The molecule has 0 aliphatic carbocycles. The maximum absolute atomic E-state index is 13.8. The van der Waals surface area contributed by atoms with Crippen molar-refractivity contribution in [1.29, 1.82) is 5.26 Å². The largest absolute Gasteiger partial charge is 0.468 e. The number of nitrogens with one attached hydrogen (secondary N) is 1. The van der Waals surface area contributed by atoms with Crippen molar-refractivity contribution in [2.45, 2.75) is 44.9 Å². The van der Waals surface area contributed by atoms with E-state index in [0.29, 0.717) is 0 Å². The molecule has 1 aromatic rings. The second-order valence-corrected chi connectivity index (χ2v) is 6.99. The first kappa shape index (κ1) is 22.3. The van der Waals surface area contributed by atoms with E-state index in [1.54, 1.807) is 20.8 Å². The summed E-state index contributed by atoms with van der Waals surface area (Å²) in [4.78, 5) is 23.5. The van der Waals surface area contributed by atoms with Crippen LogP contribution in [0.1, 0.15) is 33.3 Å². The van der Waals surface area contributed by atoms with Crippen LogP contribution in [0.25, 0.3) is 0 Å². The molecule has 148 valence electrons. The van der Waals surface area contributed by atoms with E-state index in [-0.39, 0.29) is 11.3 Å². The third-order valence-corrected chi connectivity index (χ3v) is 3.86. The summed E-state index contributed by atoms with van der Waals surface area (Å²) in [5.41, 5.74) is -3.65. The third kappa shape index (κ3) is 5.12. The van der Waals surface area contributed by atoms with Gasteiger partial charge in [-0.15, -0.1) is 0 Å². The van der Waals surface area contributed by atoms with Gasteiger partial charge in [-0.2, -0.15) is 18.4 Å². The average molecular weight is 386 g/mol. The second kappa shape index (κ2) is 7.86. The fourth-order valence-corrected chi connectivity index (χ4v) is 2.35. The highest BCUT2D eigenvalue weighted by Gasteiger charge is 2.60. The van der Waals surface area contributed by atoms with Gasteiger partial charge in [-0.25, -0.2) is 4.79 Å². The standard InChI is InChI=1S/C18H21F3N2O4/c1-16(2,3)27-15(25)23-12-8-6-11(7-9-12)17(4,18(19,20)21)13(10-22)14(24)26-5/h6-9,13H,1-5H3,(H,23,25). The summed E-state index contributed by atoms with van der Waals surface area (Å²) in [5, 5.41) is 11.5. The molecule has 0 aliphatic rings. The predicted octanol–water partition coefficient (Wildman–Crippen LogP) is 4.17. The molecule has 2 unspecified atom stereocenters. The first-order chi connectivity index (χ1) is 12.3. The van der Waals surface area contributed by atoms with Crippen molar-refractivity contribution in [1.82, 2.24) is 0 Å². The Morgan fingerprint density at radius 2 is 1.63 bits per heavy atom. The van der Waals surface area contributed by atoms with Gasteiger partial charge < -0.3 is 9.47 Å². The molecule has 1 rings (SSSR count). The van der Waals surface area contributed by atoms with Gasteiger partial charge in [-0.1, -0.05) is 12.1 Å². The molecule has 0 heterocycles. The number of hydrogen-bond acceptors (Lipinski definition) is 5. The molecule has 27 heavy (non-hydrogen) atoms. The number of nitriles is 1. The van der Waals surface area contributed by atoms with Gasteiger partial charge in [0.1, 0.15) is 11.0 Å². The lowest BCUT2D eigenvalue weighted by Crippen LogP contribution is -2.48. The van der Waals surface area contributed by atoms with E-state index in [9.17, 15) is 22.8 Å². The van der Waals surface area contributed by atoms with Gasteiger partial charge in [0.05, 0.1) is 13.2 Å². The number of anilines is 1. The molecule has 6 nitrogen and oxygen atoms in total. The minimum atomic E-state index is -4.90. The monoisotopic (exact) mass is 386 g/mol. The van der Waals surface area contributed by atoms with Crippen LogP contribution in [-0.4, -0.2) is 30.9 Å². The van der Waals surface area contributed by atoms with E-state index < -0.39 is 35.2 Å². The van der Waals surface area contributed by atoms with Crippen molar-refractivity contribution < 1.29 is 32.2 Å². The van der Waals surface area contributed by atoms with E-state index in [4.69, 9.17) is 10.00 Å². The summed E-state index contributed by atoms with van der Waals surface area (Å²) < 4.78 is 50.7. The molecular formula is C18H21F3N2O4. The van der Waals surface area contributed by atoms with E-state index in [0.717, 1.165) is 26.2 Å². The molecule has 1 amide bonds. The van der Waals surface area contributed by atoms with Crippen LogP contribution in [0, 0.1) is 17.2 Å². The van der Waals surface area contributed by atoms with Crippen LogP contribution >= 0.6 is 0 Å². The van der Waals surface area contributed by atoms with Crippen LogP contribution in [0.3, 0.4) is 0 Å². The quantitative estimate of drug-likeness (QED) is 0.785. The van der Waals surface area contributed by atoms with Crippen LogP contribution in [0.5, 0.6) is 0 Å². The molecule has 0 saturated heterocycles. The number of carbonyl (C=O) groups is 2. The molecule has 9 heteroatoms. The van der Waals surface area contributed by atoms with E-state index in [1.807, 2.05) is 0 Å². The van der Waals surface area contributed by atoms with Gasteiger partial charge in [0.25, 0.3) is 0 Å². The zero-order valence-corrected chi connectivity index (χ0v) is 15.6. The first-order valence-electron chi connectivity index (χ1n) is 7.91. The van der Waals surface area contributed by atoms with Gasteiger partial charge in [0.2, 0.25) is 0 Å². The number of amides is 1. The average Bonchev–Trinajstić information content (AvgIpc) is 2.52. The van der Waals surface area contributed by atoms with Crippen molar-refractivity contribution in [2.75, 3.05) is 12.4 Å². The van der Waals surface area contributed by atoms with Crippen LogP contribution in [0.4, 0.5) is 23.7 Å². The third-order valence-electron chi connectivity index (χ3n) is 3.86. The number of hydrogen-bond donors (Lipinski definition) is 1. The molecule has 0 radical (unpaired) electrons. The molecule has 1 N–H and O–H groups in total. The summed E-state index contributed by atoms with van der Waals surface area (Å²) in [6.07, 6.45) is -5.67. The van der Waals surface area contributed by atoms with Gasteiger partial charge in [0, 0.05) is 5.69 Å². The summed E-state index contributed by atoms with van der Waals surface area (Å²) in [6, 6.07) is 6.03. The Balaban J connectivity index is 3.22. The molecule has 0 spiro atoms. The van der Waals surface area contributed by atoms with Crippen LogP contribution in [-0.2, 0) is 19.7 Å². The maximum atomic E-state index is 13.8. The zero-order valence-electron chi connectivity index (χ0n) is 15.6. The summed E-state index contributed by atoms with van der Waals surface area (Å²) in [6.45, 7) is 5.76. The second-order valence-electron chi connectivity index (χ2n) is 6.99. The van der Waals surface area contributed by atoms with Crippen LogP contribution in [0.15, 0.2) is 24.3 Å². The van der Waals surface area contributed by atoms with Crippen molar-refractivity contribution >= 4 is 17.7 Å². The van der Waals surface area contributed by atoms with Crippen molar-refractivity contribution in [3.05, 3.63) is 29.8 Å². The summed E-state index contributed by atoms with van der Waals surface area (Å²) in [7, 11) is 0.914. The molecule has 0 aliphatic heterocycles. The number of carbonyl (C=O) groups excluding carboxylic acids is 2. The molecule has 0 fully saturated rings. The molecular weight excluding hydrogens is 365 g/mol. The lowest BCUT2D eigenvalue weighted by atomic mass is 9.71. The molecule has 0 aromatic heterocycles. The molecule has 0 saturated carbocycles. The van der Waals surface area contributed by atoms with Gasteiger partial charge in [0.15, 0.2) is 5.92 Å². The Morgan fingerprint density at radius 3 is 2.00 bits per heavy atom. The number of ether oxygens (including phenoxy) is 2. The summed E-state index contributed by atoms with van der Waals surface area (Å²) >= 11 is 0. The fourth-order valence-electron chi connectivity index (χ4n) is 2.35. The predicted molar refractivity (Wildman–Crippen MR) is 90.8 cm³/mol. The Bertz CT molecular complexity index is 733. The van der Waals surface area contributed by atoms with Crippen molar-refractivity contribution in [2.24, 2.45) is 5.92 Å². The number of halogens is 3. The number of methoxy groups -OCH3 is 1. The number of rotatable bonds is 4. The van der Waals surface area contributed by atoms with Crippen LogP contribution in [0.2, 0.25) is 0 Å². The van der Waals surface area contributed by atoms with E-state index in [2.05, 4.69) is 10.1 Å². The maximum Gasteiger partial charge on any atom is 0.412 e. The molecule has 0 bridgehead atoms. The highest BCUT2D eigenvalue weighted by Crippen LogP contribution is 2.47. The normalized spacial score (nSPS) is 15.1. The van der Waals surface area contributed by atoms with Crippen molar-refractivity contribution in [3.63, 3.8) is 0 Å². The topological polar surface area (TPSA) is 88.4 Å². The number of alkyl halides is 3. The number of esters is 1. The highest BCUT2D eigenvalue weighted by atomic mass is 19.4. The summed E-state index contributed by atoms with van der Waals surface area (Å²) in [5.74, 6) is -3.37. The lowest BCUT2D eigenvalue weighted by molar-refractivity contribution is -0.202. The SMILES string of the molecule is COC(=O)C(C#N)C(C)(c1ccc(NC(=O)OC(C)(C)C)cc1)C(F)(F)F. The molecule has 1 aromatic carbocycles. The smallest absolute Gasteiger partial charge is 0.412 e. The van der Waals surface area contributed by atoms with Crippen LogP contribution < -0.4 is 5.32 Å². The Morgan fingerprint density at radius 1 is 1.11 bits per heavy atom.